The maximum atomic E-state index is 3.61. The smallest absolute Gasteiger partial charge is 0.0414 e. The maximum absolute atomic E-state index is 3.61. The van der Waals surface area contributed by atoms with E-state index in [1.807, 2.05) is 0 Å². The predicted molar refractivity (Wildman–Crippen MR) is 86.2 cm³/mol. The minimum Gasteiger partial charge on any atom is -0.368 e. The molecule has 2 fully saturated rings. The average molecular weight is 272 g/mol. The number of piperidine rings is 1. The second-order valence-electron chi connectivity index (χ2n) is 7.14. The molecule has 2 heteroatoms. The van der Waals surface area contributed by atoms with Gasteiger partial charge in [-0.1, -0.05) is 31.5 Å². The van der Waals surface area contributed by atoms with Gasteiger partial charge in [-0.15, -0.1) is 0 Å². The Labute approximate surface area is 123 Å². The van der Waals surface area contributed by atoms with Crippen LogP contribution in [0.1, 0.15) is 44.2 Å². The molecule has 1 saturated carbocycles. The largest absolute Gasteiger partial charge is 0.368 e. The molecule has 110 valence electrons. The van der Waals surface area contributed by atoms with Crippen molar-refractivity contribution in [3.63, 3.8) is 0 Å². The number of nitrogens with one attached hydrogen (secondary N) is 1. The highest BCUT2D eigenvalue weighted by Gasteiger charge is 2.38. The number of aryl methyl sites for hydroxylation is 1. The van der Waals surface area contributed by atoms with Gasteiger partial charge < -0.3 is 10.2 Å². The average Bonchev–Trinajstić information content (AvgIpc) is 3.01. The number of fused-ring (bicyclic) bond motifs is 2. The normalized spacial score (nSPS) is 24.9. The molecule has 1 saturated heterocycles. The Balaban J connectivity index is 1.76. The first-order chi connectivity index (χ1) is 9.63. The summed E-state index contributed by atoms with van der Waals surface area (Å²) in [5.74, 6) is 1.67. The van der Waals surface area contributed by atoms with Gasteiger partial charge in [0.15, 0.2) is 0 Å². The van der Waals surface area contributed by atoms with Gasteiger partial charge >= 0.3 is 0 Å². The summed E-state index contributed by atoms with van der Waals surface area (Å²) in [5, 5.41) is 3.61. The molecule has 0 amide bonds. The molecule has 2 nitrogen and oxygen atoms in total. The van der Waals surface area contributed by atoms with E-state index in [0.717, 1.165) is 25.0 Å². The van der Waals surface area contributed by atoms with E-state index in [0.29, 0.717) is 5.92 Å². The molecular weight excluding hydrogens is 244 g/mol. The highest BCUT2D eigenvalue weighted by molar-refractivity contribution is 5.57. The Morgan fingerprint density at radius 3 is 2.80 bits per heavy atom. The number of hydrogen-bond donors (Lipinski definition) is 1. The van der Waals surface area contributed by atoms with Crippen LogP contribution in [0.3, 0.4) is 0 Å². The summed E-state index contributed by atoms with van der Waals surface area (Å²) in [6.07, 6.45) is 4.28. The maximum Gasteiger partial charge on any atom is 0.0414 e. The Kier molecular flexibility index (Phi) is 4.02. The van der Waals surface area contributed by atoms with E-state index in [1.165, 1.54) is 42.6 Å². The van der Waals surface area contributed by atoms with Crippen molar-refractivity contribution in [2.75, 3.05) is 18.0 Å². The summed E-state index contributed by atoms with van der Waals surface area (Å²) in [5.41, 5.74) is 4.34. The fourth-order valence-corrected chi connectivity index (χ4v) is 3.85. The number of benzene rings is 1. The zero-order chi connectivity index (χ0) is 14.1. The summed E-state index contributed by atoms with van der Waals surface area (Å²) >= 11 is 0. The molecule has 1 aliphatic carbocycles. The zero-order valence-corrected chi connectivity index (χ0v) is 13.2. The van der Waals surface area contributed by atoms with Crippen molar-refractivity contribution in [2.45, 2.75) is 52.6 Å². The van der Waals surface area contributed by atoms with Crippen LogP contribution in [-0.2, 0) is 6.54 Å². The molecule has 1 aliphatic heterocycles. The molecule has 0 aromatic heterocycles. The van der Waals surface area contributed by atoms with Gasteiger partial charge in [0.05, 0.1) is 0 Å². The van der Waals surface area contributed by atoms with E-state index in [9.17, 15) is 0 Å². The minimum atomic E-state index is 0.714. The van der Waals surface area contributed by atoms with Crippen molar-refractivity contribution in [3.8, 4) is 0 Å². The summed E-state index contributed by atoms with van der Waals surface area (Å²) < 4.78 is 0. The summed E-state index contributed by atoms with van der Waals surface area (Å²) in [4.78, 5) is 2.68. The van der Waals surface area contributed by atoms with Gasteiger partial charge in [0, 0.05) is 24.8 Å². The van der Waals surface area contributed by atoms with E-state index in [4.69, 9.17) is 0 Å². The van der Waals surface area contributed by atoms with E-state index >= 15 is 0 Å². The van der Waals surface area contributed by atoms with Crippen LogP contribution in [0.25, 0.3) is 0 Å². The first-order valence-corrected chi connectivity index (χ1v) is 8.20. The Morgan fingerprint density at radius 1 is 1.30 bits per heavy atom. The third-order valence-corrected chi connectivity index (χ3v) is 4.82. The van der Waals surface area contributed by atoms with Crippen LogP contribution in [0.15, 0.2) is 18.2 Å². The highest BCUT2D eigenvalue weighted by atomic mass is 15.2. The van der Waals surface area contributed by atoms with Gasteiger partial charge in [0.1, 0.15) is 0 Å². The van der Waals surface area contributed by atoms with Crippen molar-refractivity contribution < 1.29 is 0 Å². The fraction of sp³-hybridized carbons (Fsp3) is 0.667. The van der Waals surface area contributed by atoms with Crippen LogP contribution < -0.4 is 10.2 Å². The van der Waals surface area contributed by atoms with Gasteiger partial charge in [0.25, 0.3) is 0 Å². The van der Waals surface area contributed by atoms with Gasteiger partial charge in [-0.2, -0.15) is 0 Å². The minimum absolute atomic E-state index is 0.714. The quantitative estimate of drug-likeness (QED) is 0.878. The van der Waals surface area contributed by atoms with Crippen LogP contribution in [0, 0.1) is 18.8 Å². The molecule has 20 heavy (non-hydrogen) atoms. The third kappa shape index (κ3) is 2.85. The van der Waals surface area contributed by atoms with Gasteiger partial charge in [-0.05, 0) is 56.2 Å². The van der Waals surface area contributed by atoms with Crippen LogP contribution in [0.4, 0.5) is 5.69 Å². The third-order valence-electron chi connectivity index (χ3n) is 4.82. The summed E-state index contributed by atoms with van der Waals surface area (Å²) in [6.45, 7) is 10.1. The molecule has 1 heterocycles. The summed E-state index contributed by atoms with van der Waals surface area (Å²) in [7, 11) is 0. The number of hydrogen-bond acceptors (Lipinski definition) is 2. The van der Waals surface area contributed by atoms with Crippen LogP contribution >= 0.6 is 0 Å². The van der Waals surface area contributed by atoms with E-state index in [2.05, 4.69) is 49.2 Å². The lowest BCUT2D eigenvalue weighted by Crippen LogP contribution is -2.33. The van der Waals surface area contributed by atoms with Crippen LogP contribution in [0.2, 0.25) is 0 Å². The Morgan fingerprint density at radius 2 is 2.15 bits per heavy atom. The standard InChI is InChI=1S/C18H28N2/c1-13(2)10-19-11-16-8-14(3)4-7-18(16)20-12-15-5-6-17(20)9-15/h4,7-8,13,15,17,19H,5-6,9-12H2,1-3H3. The lowest BCUT2D eigenvalue weighted by Gasteiger charge is -2.31. The van der Waals surface area contributed by atoms with Crippen molar-refractivity contribution in [1.29, 1.82) is 0 Å². The Bertz CT molecular complexity index is 466. The van der Waals surface area contributed by atoms with Gasteiger partial charge in [-0.3, -0.25) is 0 Å². The van der Waals surface area contributed by atoms with Crippen molar-refractivity contribution in [2.24, 2.45) is 11.8 Å². The molecule has 2 atom stereocenters. The number of nitrogens with zero attached hydrogens (tertiary/aromatic N) is 1. The molecular formula is C18H28N2. The zero-order valence-electron chi connectivity index (χ0n) is 13.2. The van der Waals surface area contributed by atoms with Crippen LogP contribution in [0.5, 0.6) is 0 Å². The van der Waals surface area contributed by atoms with Gasteiger partial charge in [-0.25, -0.2) is 0 Å². The number of rotatable bonds is 5. The molecule has 2 unspecified atom stereocenters. The Hall–Kier alpha value is -1.02. The van der Waals surface area contributed by atoms with Gasteiger partial charge in [0.2, 0.25) is 0 Å². The molecule has 3 rings (SSSR count). The number of anilines is 1. The molecule has 1 aromatic rings. The second-order valence-corrected chi connectivity index (χ2v) is 7.14. The molecule has 0 radical (unpaired) electrons. The first kappa shape index (κ1) is 13.9. The van der Waals surface area contributed by atoms with Crippen molar-refractivity contribution in [1.82, 2.24) is 5.32 Å². The lowest BCUT2D eigenvalue weighted by molar-refractivity contribution is 0.542. The molecule has 1 aromatic carbocycles. The lowest BCUT2D eigenvalue weighted by atomic mass is 10.0. The van der Waals surface area contributed by atoms with E-state index in [-0.39, 0.29) is 0 Å². The van der Waals surface area contributed by atoms with E-state index < -0.39 is 0 Å². The topological polar surface area (TPSA) is 15.3 Å². The molecule has 2 bridgehead atoms. The molecule has 1 N–H and O–H groups in total. The SMILES string of the molecule is Cc1ccc(N2CC3CCC2C3)c(CNCC(C)C)c1. The first-order valence-electron chi connectivity index (χ1n) is 8.20. The van der Waals surface area contributed by atoms with Crippen molar-refractivity contribution in [3.05, 3.63) is 29.3 Å². The monoisotopic (exact) mass is 272 g/mol. The van der Waals surface area contributed by atoms with Crippen molar-refractivity contribution >= 4 is 5.69 Å². The highest BCUT2D eigenvalue weighted by Crippen LogP contribution is 2.41. The summed E-state index contributed by atoms with van der Waals surface area (Å²) in [6, 6.07) is 7.80. The van der Waals surface area contributed by atoms with Crippen LogP contribution in [-0.4, -0.2) is 19.1 Å². The second kappa shape index (κ2) is 5.77. The predicted octanol–water partition coefficient (Wildman–Crippen LogP) is 3.73. The van der Waals surface area contributed by atoms with E-state index in [1.54, 1.807) is 0 Å². The fourth-order valence-electron chi connectivity index (χ4n) is 3.85. The molecule has 2 aliphatic rings. The molecule has 0 spiro atoms.